The number of para-hydroxylation sites is 3. The van der Waals surface area contributed by atoms with E-state index in [9.17, 15) is 0 Å². The first-order valence-corrected chi connectivity index (χ1v) is 21.6. The van der Waals surface area contributed by atoms with Crippen LogP contribution in [0.5, 0.6) is 0 Å². The quantitative estimate of drug-likeness (QED) is 0.174. The smallest absolute Gasteiger partial charge is 0.164 e. The van der Waals surface area contributed by atoms with Crippen molar-refractivity contribution in [2.75, 3.05) is 4.90 Å². The van der Waals surface area contributed by atoms with Crippen LogP contribution in [0.25, 0.3) is 67.2 Å². The van der Waals surface area contributed by atoms with Crippen LogP contribution in [0.2, 0.25) is 0 Å². The maximum absolute atomic E-state index is 6.23. The molecule has 5 aliphatic rings. The number of rotatable bonds is 5. The Bertz CT molecular complexity index is 3090. The molecule has 0 radical (unpaired) electrons. The van der Waals surface area contributed by atoms with Gasteiger partial charge in [0, 0.05) is 38.6 Å². The van der Waals surface area contributed by atoms with Crippen molar-refractivity contribution in [1.29, 1.82) is 0 Å². The summed E-state index contributed by atoms with van der Waals surface area (Å²) in [6.07, 6.45) is 6.67. The van der Waals surface area contributed by atoms with Crippen molar-refractivity contribution < 1.29 is 4.42 Å². The number of fused-ring (bicyclic) bond motifs is 5. The van der Waals surface area contributed by atoms with Gasteiger partial charge in [-0.15, -0.1) is 0 Å². The van der Waals surface area contributed by atoms with Gasteiger partial charge in [-0.1, -0.05) is 115 Å². The number of benzene rings is 7. The Kier molecular flexibility index (Phi) is 7.42. The monoisotopic (exact) mass is 774 g/mol. The average molecular weight is 775 g/mol. The molecule has 9 aromatic rings. The van der Waals surface area contributed by atoms with Crippen LogP contribution in [0.3, 0.4) is 0 Å². The summed E-state index contributed by atoms with van der Waals surface area (Å²) in [6, 6.07) is 60.9. The minimum atomic E-state index is -0.0556. The lowest BCUT2D eigenvalue weighted by Gasteiger charge is -2.64. The lowest BCUT2D eigenvalue weighted by Crippen LogP contribution is -2.57. The van der Waals surface area contributed by atoms with Crippen molar-refractivity contribution in [3.8, 4) is 45.3 Å². The Morgan fingerprint density at radius 2 is 0.967 bits per heavy atom. The maximum Gasteiger partial charge on any atom is 0.164 e. The molecule has 0 saturated heterocycles. The summed E-state index contributed by atoms with van der Waals surface area (Å²) in [5, 5.41) is 2.27. The summed E-state index contributed by atoms with van der Waals surface area (Å²) >= 11 is 0. The molecule has 4 aliphatic carbocycles. The molecule has 0 N–H and O–H groups in total. The van der Waals surface area contributed by atoms with Crippen LogP contribution in [-0.4, -0.2) is 15.0 Å². The maximum atomic E-state index is 6.23. The van der Waals surface area contributed by atoms with Crippen LogP contribution >= 0.6 is 0 Å². The number of aromatic nitrogens is 3. The molecule has 3 heterocycles. The highest BCUT2D eigenvalue weighted by molar-refractivity contribution is 6.05. The van der Waals surface area contributed by atoms with Crippen molar-refractivity contribution in [2.24, 2.45) is 23.7 Å². The molecular weight excluding hydrogens is 733 g/mol. The molecule has 2 aromatic heterocycles. The predicted octanol–water partition coefficient (Wildman–Crippen LogP) is 14.0. The highest BCUT2D eigenvalue weighted by Gasteiger charge is 2.61. The molecule has 288 valence electrons. The van der Waals surface area contributed by atoms with Crippen molar-refractivity contribution >= 4 is 39.0 Å². The zero-order chi connectivity index (χ0) is 39.4. The summed E-state index contributed by atoms with van der Waals surface area (Å²) in [5.74, 6) is 4.96. The zero-order valence-electron chi connectivity index (χ0n) is 33.2. The number of hydrogen-bond acceptors (Lipinski definition) is 5. The first kappa shape index (κ1) is 34.1. The molecule has 14 rings (SSSR count). The Hall–Kier alpha value is -6.85. The van der Waals surface area contributed by atoms with Crippen LogP contribution < -0.4 is 4.90 Å². The second kappa shape index (κ2) is 13.1. The highest BCUT2D eigenvalue weighted by Crippen LogP contribution is 2.69. The van der Waals surface area contributed by atoms with Crippen LogP contribution in [0.15, 0.2) is 174 Å². The topological polar surface area (TPSA) is 55.1 Å². The number of anilines is 3. The van der Waals surface area contributed by atoms with Gasteiger partial charge < -0.3 is 9.32 Å². The van der Waals surface area contributed by atoms with Crippen molar-refractivity contribution in [1.82, 2.24) is 15.0 Å². The summed E-state index contributed by atoms with van der Waals surface area (Å²) < 4.78 is 6.23. The van der Waals surface area contributed by atoms with Gasteiger partial charge >= 0.3 is 0 Å². The average Bonchev–Trinajstić information content (AvgIpc) is 3.68. The lowest BCUT2D eigenvalue weighted by molar-refractivity contribution is -0.0419. The molecular formula is C55H42N4O. The van der Waals surface area contributed by atoms with Crippen LogP contribution in [-0.2, 0) is 5.41 Å². The zero-order valence-corrected chi connectivity index (χ0v) is 33.2. The van der Waals surface area contributed by atoms with E-state index in [4.69, 9.17) is 19.4 Å². The van der Waals surface area contributed by atoms with Gasteiger partial charge in [0.2, 0.25) is 0 Å². The van der Waals surface area contributed by atoms with Crippen LogP contribution in [0.1, 0.15) is 43.2 Å². The number of hydrogen-bond donors (Lipinski definition) is 0. The van der Waals surface area contributed by atoms with E-state index < -0.39 is 0 Å². The van der Waals surface area contributed by atoms with Gasteiger partial charge in [0.25, 0.3) is 0 Å². The van der Waals surface area contributed by atoms with Gasteiger partial charge in [-0.25, -0.2) is 15.0 Å². The van der Waals surface area contributed by atoms with Gasteiger partial charge in [-0.3, -0.25) is 0 Å². The van der Waals surface area contributed by atoms with Crippen molar-refractivity contribution in [2.45, 2.75) is 37.5 Å². The second-order valence-corrected chi connectivity index (χ2v) is 17.7. The number of nitrogens with zero attached hydrogens (tertiary/aromatic N) is 4. The van der Waals surface area contributed by atoms with Gasteiger partial charge in [-0.2, -0.15) is 0 Å². The van der Waals surface area contributed by atoms with E-state index in [0.29, 0.717) is 29.3 Å². The first-order chi connectivity index (χ1) is 29.7. The molecule has 0 unspecified atom stereocenters. The molecule has 4 saturated carbocycles. The van der Waals surface area contributed by atoms with E-state index in [0.717, 1.165) is 61.6 Å². The van der Waals surface area contributed by atoms with Crippen LogP contribution in [0, 0.1) is 23.7 Å². The Morgan fingerprint density at radius 3 is 1.72 bits per heavy atom. The van der Waals surface area contributed by atoms with Crippen molar-refractivity contribution in [3.05, 3.63) is 181 Å². The third kappa shape index (κ3) is 5.08. The van der Waals surface area contributed by atoms with Gasteiger partial charge in [0.15, 0.2) is 17.5 Å². The lowest BCUT2D eigenvalue weighted by atomic mass is 9.41. The fraction of sp³-hybridized carbons (Fsp3) is 0.182. The fourth-order valence-corrected chi connectivity index (χ4v) is 12.2. The molecule has 4 fully saturated rings. The molecule has 60 heavy (non-hydrogen) atoms. The highest BCUT2D eigenvalue weighted by atomic mass is 16.3. The van der Waals surface area contributed by atoms with Crippen molar-refractivity contribution in [3.63, 3.8) is 0 Å². The minimum absolute atomic E-state index is 0.0556. The van der Waals surface area contributed by atoms with E-state index in [-0.39, 0.29) is 5.41 Å². The minimum Gasteiger partial charge on any atom is -0.456 e. The van der Waals surface area contributed by atoms with Gasteiger partial charge in [-0.05, 0) is 133 Å². The molecule has 0 atom stereocenters. The third-order valence-corrected chi connectivity index (χ3v) is 14.5. The Labute approximate surface area is 349 Å². The van der Waals surface area contributed by atoms with E-state index in [2.05, 4.69) is 157 Å². The standard InChI is InChI=1S/C55H42N4O/c1-3-11-37(12-4-1)52-56-53(38-21-19-36(20-22-38)39-23-25-45-44-15-7-10-18-50(44)60-51(45)33-39)58-54(57-52)40-24-26-49-47(32-40)55(41-28-34-27-35(30-41)31-42(55)29-34)46-16-8-9-17-48(46)59(49)43-13-5-2-6-14-43/h1-26,32-35,41-42H,27-31H2. The molecule has 5 nitrogen and oxygen atoms in total. The summed E-state index contributed by atoms with van der Waals surface area (Å²) in [4.78, 5) is 18.2. The van der Waals surface area contributed by atoms with E-state index >= 15 is 0 Å². The summed E-state index contributed by atoms with van der Waals surface area (Å²) in [6.45, 7) is 0. The first-order valence-electron chi connectivity index (χ1n) is 21.6. The predicted molar refractivity (Wildman–Crippen MR) is 241 cm³/mol. The summed E-state index contributed by atoms with van der Waals surface area (Å²) in [5.41, 5.74) is 13.6. The number of furan rings is 1. The van der Waals surface area contributed by atoms with Crippen LogP contribution in [0.4, 0.5) is 17.1 Å². The Balaban J connectivity index is 0.960. The fourth-order valence-electron chi connectivity index (χ4n) is 12.2. The molecule has 0 amide bonds. The van der Waals surface area contributed by atoms with E-state index in [1.165, 1.54) is 60.3 Å². The third-order valence-electron chi connectivity index (χ3n) is 14.5. The largest absolute Gasteiger partial charge is 0.456 e. The second-order valence-electron chi connectivity index (χ2n) is 17.7. The summed E-state index contributed by atoms with van der Waals surface area (Å²) in [7, 11) is 0. The van der Waals surface area contributed by atoms with E-state index in [1.54, 1.807) is 0 Å². The SMILES string of the molecule is c1ccc(-c2nc(-c3ccc(-c4ccc5c(c4)oc4ccccc45)cc3)nc(-c3ccc4c(c3)C3(c5ccccc5N4c4ccccc4)C4CC5CC(C4)CC3C5)n2)cc1. The van der Waals surface area contributed by atoms with Gasteiger partial charge in [0.1, 0.15) is 11.2 Å². The molecule has 4 bridgehead atoms. The molecule has 7 aromatic carbocycles. The van der Waals surface area contributed by atoms with Gasteiger partial charge in [0.05, 0.1) is 11.4 Å². The molecule has 5 heteroatoms. The normalized spacial score (nSPS) is 22.4. The van der Waals surface area contributed by atoms with E-state index in [1.807, 2.05) is 18.2 Å². The molecule has 1 spiro atoms. The Morgan fingerprint density at radius 1 is 0.417 bits per heavy atom. The molecule has 1 aliphatic heterocycles.